The average Bonchev–Trinajstić information content (AvgIpc) is 2.48. The van der Waals surface area contributed by atoms with Crippen LogP contribution in [0.4, 0.5) is 11.8 Å². The number of likely N-dealkylation sites (tertiary alicyclic amines) is 1. The molecule has 2 heterocycles. The largest absolute Gasteiger partial charge is 0.364 e. The molecular formula is C17H19Cl2N5O. The number of amides is 1. The average molecular weight is 380 g/mol. The maximum atomic E-state index is 12.5. The van der Waals surface area contributed by atoms with Crippen LogP contribution in [0.1, 0.15) is 23.0 Å². The van der Waals surface area contributed by atoms with Gasteiger partial charge in [-0.05, 0) is 32.0 Å². The molecule has 2 N–H and O–H groups in total. The van der Waals surface area contributed by atoms with Crippen LogP contribution in [0.3, 0.4) is 0 Å². The minimum atomic E-state index is -0.0744. The fourth-order valence-corrected chi connectivity index (χ4v) is 3.21. The second kappa shape index (κ2) is 7.45. The van der Waals surface area contributed by atoms with E-state index in [4.69, 9.17) is 23.2 Å². The summed E-state index contributed by atoms with van der Waals surface area (Å²) in [5.74, 6) is 1.28. The van der Waals surface area contributed by atoms with E-state index in [0.29, 0.717) is 34.6 Å². The molecule has 1 amide bonds. The Morgan fingerprint density at radius 2 is 1.88 bits per heavy atom. The predicted octanol–water partition coefficient (Wildman–Crippen LogP) is 3.46. The lowest BCUT2D eigenvalue weighted by Crippen LogP contribution is -2.57. The van der Waals surface area contributed by atoms with Crippen LogP contribution >= 0.6 is 23.2 Å². The van der Waals surface area contributed by atoms with Gasteiger partial charge >= 0.3 is 0 Å². The van der Waals surface area contributed by atoms with E-state index < -0.39 is 0 Å². The molecule has 1 aromatic carbocycles. The van der Waals surface area contributed by atoms with Crippen LogP contribution in [-0.4, -0.2) is 46.5 Å². The quantitative estimate of drug-likeness (QED) is 0.832. The third kappa shape index (κ3) is 4.32. The van der Waals surface area contributed by atoms with E-state index in [2.05, 4.69) is 20.6 Å². The first kappa shape index (κ1) is 17.8. The first-order valence-corrected chi connectivity index (χ1v) is 8.81. The Hall–Kier alpha value is -2.05. The van der Waals surface area contributed by atoms with Gasteiger partial charge in [0.1, 0.15) is 5.82 Å². The van der Waals surface area contributed by atoms with Crippen LogP contribution in [0, 0.1) is 6.92 Å². The molecule has 1 fully saturated rings. The minimum absolute atomic E-state index is 0.0744. The Morgan fingerprint density at radius 3 is 2.52 bits per heavy atom. The highest BCUT2D eigenvalue weighted by molar-refractivity contribution is 6.35. The van der Waals surface area contributed by atoms with Gasteiger partial charge in [-0.3, -0.25) is 4.79 Å². The molecule has 1 aliphatic rings. The van der Waals surface area contributed by atoms with Crippen molar-refractivity contribution in [2.45, 2.75) is 19.9 Å². The molecule has 0 atom stereocenters. The van der Waals surface area contributed by atoms with Crippen LogP contribution in [0.15, 0.2) is 24.3 Å². The van der Waals surface area contributed by atoms with Crippen molar-refractivity contribution in [3.63, 3.8) is 0 Å². The van der Waals surface area contributed by atoms with Gasteiger partial charge in [0.2, 0.25) is 5.95 Å². The summed E-state index contributed by atoms with van der Waals surface area (Å²) in [6.45, 7) is 5.88. The summed E-state index contributed by atoms with van der Waals surface area (Å²) in [5.41, 5.74) is 1.39. The lowest BCUT2D eigenvalue weighted by molar-refractivity contribution is 0.0625. The van der Waals surface area contributed by atoms with Gasteiger partial charge in [-0.2, -0.15) is 4.98 Å². The Morgan fingerprint density at radius 1 is 1.20 bits per heavy atom. The van der Waals surface area contributed by atoms with Crippen LogP contribution in [0.5, 0.6) is 0 Å². The summed E-state index contributed by atoms with van der Waals surface area (Å²) in [5, 5.41) is 7.36. The van der Waals surface area contributed by atoms with Crippen molar-refractivity contribution in [2.24, 2.45) is 0 Å². The summed E-state index contributed by atoms with van der Waals surface area (Å²) in [6.07, 6.45) is 0. The van der Waals surface area contributed by atoms with Crippen molar-refractivity contribution in [2.75, 3.05) is 30.3 Å². The van der Waals surface area contributed by atoms with E-state index in [1.807, 2.05) is 19.9 Å². The summed E-state index contributed by atoms with van der Waals surface area (Å²) in [4.78, 5) is 23.0. The monoisotopic (exact) mass is 379 g/mol. The number of aromatic nitrogens is 2. The lowest BCUT2D eigenvalue weighted by Gasteiger charge is -2.40. The first-order valence-electron chi connectivity index (χ1n) is 8.06. The maximum Gasteiger partial charge on any atom is 0.254 e. The minimum Gasteiger partial charge on any atom is -0.364 e. The Labute approximate surface area is 156 Å². The fourth-order valence-electron chi connectivity index (χ4n) is 2.68. The molecule has 25 heavy (non-hydrogen) atoms. The van der Waals surface area contributed by atoms with Gasteiger partial charge in [0.05, 0.1) is 6.04 Å². The van der Waals surface area contributed by atoms with E-state index >= 15 is 0 Å². The van der Waals surface area contributed by atoms with E-state index in [0.717, 1.165) is 18.1 Å². The number of halogens is 2. The predicted molar refractivity (Wildman–Crippen MR) is 101 cm³/mol. The summed E-state index contributed by atoms with van der Waals surface area (Å²) >= 11 is 11.9. The number of carbonyl (C=O) groups excluding carboxylic acids is 1. The van der Waals surface area contributed by atoms with E-state index in [9.17, 15) is 4.79 Å². The van der Waals surface area contributed by atoms with Gasteiger partial charge in [0, 0.05) is 47.0 Å². The molecule has 132 valence electrons. The topological polar surface area (TPSA) is 70.2 Å². The summed E-state index contributed by atoms with van der Waals surface area (Å²) in [7, 11) is 0. The number of benzene rings is 1. The summed E-state index contributed by atoms with van der Waals surface area (Å²) < 4.78 is 0. The highest BCUT2D eigenvalue weighted by atomic mass is 35.5. The number of nitrogens with zero attached hydrogens (tertiary/aromatic N) is 3. The second-order valence-electron chi connectivity index (χ2n) is 5.96. The number of aryl methyl sites for hydroxylation is 1. The number of nitrogens with one attached hydrogen (secondary N) is 2. The van der Waals surface area contributed by atoms with Crippen LogP contribution in [-0.2, 0) is 0 Å². The standard InChI is InChI=1S/C17H19Cl2N5O/c1-3-20-17-21-10(2)4-15(23-17)22-14-8-24(9-14)16(25)11-5-12(18)7-13(19)6-11/h4-7,14H,3,8-9H2,1-2H3,(H2,20,21,22,23). The lowest BCUT2D eigenvalue weighted by atomic mass is 10.1. The maximum absolute atomic E-state index is 12.5. The molecule has 0 radical (unpaired) electrons. The van der Waals surface area contributed by atoms with Gasteiger partial charge < -0.3 is 15.5 Å². The molecule has 0 bridgehead atoms. The van der Waals surface area contributed by atoms with E-state index in [-0.39, 0.29) is 11.9 Å². The third-order valence-corrected chi connectivity index (χ3v) is 4.26. The molecule has 6 nitrogen and oxygen atoms in total. The first-order chi connectivity index (χ1) is 11.9. The molecule has 0 aliphatic carbocycles. The molecule has 1 aliphatic heterocycles. The summed E-state index contributed by atoms with van der Waals surface area (Å²) in [6, 6.07) is 6.92. The molecule has 1 saturated heterocycles. The normalized spacial score (nSPS) is 14.2. The molecule has 0 unspecified atom stereocenters. The number of hydrogen-bond donors (Lipinski definition) is 2. The number of hydrogen-bond acceptors (Lipinski definition) is 5. The number of carbonyl (C=O) groups is 1. The van der Waals surface area contributed by atoms with Crippen molar-refractivity contribution in [3.05, 3.63) is 45.6 Å². The van der Waals surface area contributed by atoms with Crippen molar-refractivity contribution < 1.29 is 4.79 Å². The molecule has 8 heteroatoms. The molecule has 2 aromatic rings. The van der Waals surface area contributed by atoms with Crippen molar-refractivity contribution >= 4 is 40.9 Å². The zero-order valence-electron chi connectivity index (χ0n) is 14.0. The van der Waals surface area contributed by atoms with Crippen LogP contribution in [0.25, 0.3) is 0 Å². The van der Waals surface area contributed by atoms with Crippen molar-refractivity contribution in [1.82, 2.24) is 14.9 Å². The highest BCUT2D eigenvalue weighted by Crippen LogP contribution is 2.23. The Bertz CT molecular complexity index is 772. The zero-order chi connectivity index (χ0) is 18.0. The van der Waals surface area contributed by atoms with Gasteiger partial charge in [-0.25, -0.2) is 4.98 Å². The molecule has 1 aromatic heterocycles. The van der Waals surface area contributed by atoms with Crippen LogP contribution in [0.2, 0.25) is 10.0 Å². The zero-order valence-corrected chi connectivity index (χ0v) is 15.5. The van der Waals surface area contributed by atoms with E-state index in [1.54, 1.807) is 23.1 Å². The second-order valence-corrected chi connectivity index (χ2v) is 6.83. The molecule has 3 rings (SSSR count). The highest BCUT2D eigenvalue weighted by Gasteiger charge is 2.31. The van der Waals surface area contributed by atoms with Gasteiger partial charge in [0.25, 0.3) is 5.91 Å². The van der Waals surface area contributed by atoms with Crippen LogP contribution < -0.4 is 10.6 Å². The van der Waals surface area contributed by atoms with Crippen molar-refractivity contribution in [3.8, 4) is 0 Å². The number of rotatable bonds is 5. The molecule has 0 saturated carbocycles. The Kier molecular flexibility index (Phi) is 5.30. The van der Waals surface area contributed by atoms with E-state index in [1.165, 1.54) is 0 Å². The molecular weight excluding hydrogens is 361 g/mol. The smallest absolute Gasteiger partial charge is 0.254 e. The van der Waals surface area contributed by atoms with Gasteiger partial charge in [0.15, 0.2) is 0 Å². The number of anilines is 2. The Balaban J connectivity index is 1.60. The molecule has 0 spiro atoms. The fraction of sp³-hybridized carbons (Fsp3) is 0.353. The SMILES string of the molecule is CCNc1nc(C)cc(NC2CN(C(=O)c3cc(Cl)cc(Cl)c3)C2)n1. The van der Waals surface area contributed by atoms with Gasteiger partial charge in [-0.15, -0.1) is 0 Å². The van der Waals surface area contributed by atoms with Gasteiger partial charge in [-0.1, -0.05) is 23.2 Å². The third-order valence-electron chi connectivity index (χ3n) is 3.82. The van der Waals surface area contributed by atoms with Crippen molar-refractivity contribution in [1.29, 1.82) is 0 Å².